The molecule has 0 amide bonds. The summed E-state index contributed by atoms with van der Waals surface area (Å²) in [6.07, 6.45) is 1.12. The highest BCUT2D eigenvalue weighted by molar-refractivity contribution is 5.82. The second kappa shape index (κ2) is 4.84. The summed E-state index contributed by atoms with van der Waals surface area (Å²) in [7, 11) is 0. The molecule has 5 heteroatoms. The molecule has 3 rings (SSSR count). The van der Waals surface area contributed by atoms with Crippen molar-refractivity contribution in [3.05, 3.63) is 71.4 Å². The zero-order chi connectivity index (χ0) is 15.0. The first-order chi connectivity index (χ1) is 9.98. The first kappa shape index (κ1) is 13.5. The zero-order valence-electron chi connectivity index (χ0n) is 11.1. The predicted octanol–water partition coefficient (Wildman–Crippen LogP) is 4.22. The molecule has 1 aromatic heterocycles. The van der Waals surface area contributed by atoms with Crippen LogP contribution < -0.4 is 0 Å². The molecule has 0 aliphatic rings. The number of aromatic nitrogens is 2. The molecule has 1 heterocycles. The van der Waals surface area contributed by atoms with Gasteiger partial charge in [-0.15, -0.1) is 0 Å². The van der Waals surface area contributed by atoms with Gasteiger partial charge in [0.2, 0.25) is 0 Å². The molecule has 21 heavy (non-hydrogen) atoms. The Hall–Kier alpha value is -2.43. The predicted molar refractivity (Wildman–Crippen MR) is 73.7 cm³/mol. The van der Waals surface area contributed by atoms with Crippen LogP contribution in [0, 0.1) is 12.7 Å². The molecule has 0 atom stereocenters. The summed E-state index contributed by atoms with van der Waals surface area (Å²) >= 11 is 0. The molecule has 0 saturated heterocycles. The van der Waals surface area contributed by atoms with Gasteiger partial charge >= 0.3 is 5.92 Å². The summed E-state index contributed by atoms with van der Waals surface area (Å²) in [5, 5.41) is 0.289. The Balaban J connectivity index is 2.20. The van der Waals surface area contributed by atoms with E-state index in [0.29, 0.717) is 5.52 Å². The molecule has 0 aliphatic carbocycles. The minimum atomic E-state index is -3.32. The first-order valence-electron chi connectivity index (χ1n) is 6.34. The summed E-state index contributed by atoms with van der Waals surface area (Å²) in [5.74, 6) is -3.87. The quantitative estimate of drug-likeness (QED) is 0.705. The molecule has 0 bridgehead atoms. The van der Waals surface area contributed by atoms with Crippen LogP contribution in [0.2, 0.25) is 0 Å². The number of halogens is 3. The molecule has 0 unspecified atom stereocenters. The van der Waals surface area contributed by atoms with Gasteiger partial charge in [0.15, 0.2) is 0 Å². The molecule has 0 fully saturated rings. The monoisotopic (exact) mass is 288 g/mol. The van der Waals surface area contributed by atoms with Gasteiger partial charge in [-0.3, -0.25) is 0 Å². The number of hydrogen-bond donors (Lipinski definition) is 0. The summed E-state index contributed by atoms with van der Waals surface area (Å²) < 4.78 is 42.2. The van der Waals surface area contributed by atoms with E-state index in [0.717, 1.165) is 36.2 Å². The van der Waals surface area contributed by atoms with Crippen molar-refractivity contribution < 1.29 is 13.2 Å². The maximum atomic E-state index is 14.6. The van der Waals surface area contributed by atoms with Gasteiger partial charge < -0.3 is 0 Å². The van der Waals surface area contributed by atoms with Crippen molar-refractivity contribution in [3.8, 4) is 0 Å². The van der Waals surface area contributed by atoms with Crippen LogP contribution in [0.3, 0.4) is 0 Å². The van der Waals surface area contributed by atoms with Crippen LogP contribution >= 0.6 is 0 Å². The van der Waals surface area contributed by atoms with Crippen molar-refractivity contribution in [2.24, 2.45) is 0 Å². The van der Waals surface area contributed by atoms with Gasteiger partial charge in [-0.25, -0.2) is 14.4 Å². The van der Waals surface area contributed by atoms with Crippen molar-refractivity contribution in [1.29, 1.82) is 0 Å². The zero-order valence-corrected chi connectivity index (χ0v) is 11.1. The third-order valence-electron chi connectivity index (χ3n) is 3.30. The number of alkyl halides is 2. The van der Waals surface area contributed by atoms with Crippen molar-refractivity contribution >= 4 is 10.9 Å². The summed E-state index contributed by atoms with van der Waals surface area (Å²) in [5.41, 5.74) is 0.711. The molecule has 0 aliphatic heterocycles. The Bertz CT molecular complexity index is 798. The number of aryl methyl sites for hydroxylation is 1. The van der Waals surface area contributed by atoms with Crippen molar-refractivity contribution in [3.63, 3.8) is 0 Å². The fourth-order valence-electron chi connectivity index (χ4n) is 2.21. The molecule has 2 aromatic carbocycles. The van der Waals surface area contributed by atoms with Crippen molar-refractivity contribution in [2.75, 3.05) is 0 Å². The second-order valence-corrected chi connectivity index (χ2v) is 4.82. The SMILES string of the molecule is Cc1ccc2c(C(F)(F)c3ccc(F)cc3)ncnc2c1. The van der Waals surface area contributed by atoms with Gasteiger partial charge in [0.25, 0.3) is 0 Å². The lowest BCUT2D eigenvalue weighted by Gasteiger charge is -2.17. The first-order valence-corrected chi connectivity index (χ1v) is 6.34. The standard InChI is InChI=1S/C16H11F3N2/c1-10-2-7-13-14(8-10)20-9-21-15(13)16(18,19)11-3-5-12(17)6-4-11/h2-9H,1H3. The van der Waals surface area contributed by atoms with E-state index < -0.39 is 11.7 Å². The lowest BCUT2D eigenvalue weighted by molar-refractivity contribution is 0.0396. The molecule has 106 valence electrons. The molecule has 0 saturated carbocycles. The molecule has 3 aromatic rings. The molecular formula is C16H11F3N2. The normalized spacial score (nSPS) is 11.8. The third kappa shape index (κ3) is 2.35. The van der Waals surface area contributed by atoms with Gasteiger partial charge in [0, 0.05) is 10.9 Å². The number of rotatable bonds is 2. The van der Waals surface area contributed by atoms with E-state index in [9.17, 15) is 13.2 Å². The minimum absolute atomic E-state index is 0.289. The molecular weight excluding hydrogens is 277 g/mol. The van der Waals surface area contributed by atoms with Gasteiger partial charge in [-0.05, 0) is 42.8 Å². The van der Waals surface area contributed by atoms with Crippen LogP contribution in [0.25, 0.3) is 10.9 Å². The van der Waals surface area contributed by atoms with Crippen molar-refractivity contribution in [1.82, 2.24) is 9.97 Å². The van der Waals surface area contributed by atoms with E-state index in [1.807, 2.05) is 6.92 Å². The van der Waals surface area contributed by atoms with E-state index in [-0.39, 0.29) is 16.6 Å². The average Bonchev–Trinajstić information content (AvgIpc) is 2.46. The van der Waals surface area contributed by atoms with Crippen LogP contribution in [0.5, 0.6) is 0 Å². The summed E-state index contributed by atoms with van der Waals surface area (Å²) in [4.78, 5) is 7.77. The molecule has 0 N–H and O–H groups in total. The van der Waals surface area contributed by atoms with Gasteiger partial charge in [0.05, 0.1) is 5.52 Å². The van der Waals surface area contributed by atoms with Gasteiger partial charge in [-0.1, -0.05) is 12.1 Å². The molecule has 0 spiro atoms. The van der Waals surface area contributed by atoms with E-state index in [4.69, 9.17) is 0 Å². The third-order valence-corrected chi connectivity index (χ3v) is 3.30. The van der Waals surface area contributed by atoms with Crippen LogP contribution in [-0.2, 0) is 5.92 Å². The van der Waals surface area contributed by atoms with E-state index in [2.05, 4.69) is 9.97 Å². The number of fused-ring (bicyclic) bond motifs is 1. The summed E-state index contributed by atoms with van der Waals surface area (Å²) in [6.45, 7) is 1.86. The molecule has 2 nitrogen and oxygen atoms in total. The second-order valence-electron chi connectivity index (χ2n) is 4.82. The van der Waals surface area contributed by atoms with Crippen LogP contribution in [0.4, 0.5) is 13.2 Å². The van der Waals surface area contributed by atoms with Crippen LogP contribution in [0.1, 0.15) is 16.8 Å². The Morgan fingerprint density at radius 2 is 1.67 bits per heavy atom. The lowest BCUT2D eigenvalue weighted by Crippen LogP contribution is -2.18. The lowest BCUT2D eigenvalue weighted by atomic mass is 10.0. The number of nitrogens with zero attached hydrogens (tertiary/aromatic N) is 2. The van der Waals surface area contributed by atoms with Gasteiger partial charge in [-0.2, -0.15) is 8.78 Å². The van der Waals surface area contributed by atoms with E-state index in [1.165, 1.54) is 0 Å². The minimum Gasteiger partial charge on any atom is -0.236 e. The van der Waals surface area contributed by atoms with E-state index >= 15 is 0 Å². The van der Waals surface area contributed by atoms with Crippen LogP contribution in [-0.4, -0.2) is 9.97 Å². The number of benzene rings is 2. The Morgan fingerprint density at radius 3 is 2.38 bits per heavy atom. The van der Waals surface area contributed by atoms with E-state index in [1.54, 1.807) is 18.2 Å². The summed E-state index contributed by atoms with van der Waals surface area (Å²) in [6, 6.07) is 9.19. The fraction of sp³-hybridized carbons (Fsp3) is 0.125. The highest BCUT2D eigenvalue weighted by atomic mass is 19.3. The largest absolute Gasteiger partial charge is 0.315 e. The maximum absolute atomic E-state index is 14.6. The maximum Gasteiger partial charge on any atom is 0.315 e. The average molecular weight is 288 g/mol. The van der Waals surface area contributed by atoms with Crippen molar-refractivity contribution in [2.45, 2.75) is 12.8 Å². The van der Waals surface area contributed by atoms with Crippen LogP contribution in [0.15, 0.2) is 48.8 Å². The Labute approximate surface area is 119 Å². The Morgan fingerprint density at radius 1 is 0.952 bits per heavy atom. The number of hydrogen-bond acceptors (Lipinski definition) is 2. The topological polar surface area (TPSA) is 25.8 Å². The fourth-order valence-corrected chi connectivity index (χ4v) is 2.21. The van der Waals surface area contributed by atoms with Gasteiger partial charge in [0.1, 0.15) is 17.8 Å². The highest BCUT2D eigenvalue weighted by Crippen LogP contribution is 2.37. The Kier molecular flexibility index (Phi) is 3.12. The smallest absolute Gasteiger partial charge is 0.236 e. The molecule has 0 radical (unpaired) electrons. The highest BCUT2D eigenvalue weighted by Gasteiger charge is 2.37.